The van der Waals surface area contributed by atoms with Crippen LogP contribution in [0.1, 0.15) is 19.8 Å². The number of pyridine rings is 1. The summed E-state index contributed by atoms with van der Waals surface area (Å²) >= 11 is 11.5. The second kappa shape index (κ2) is 6.58. The lowest BCUT2D eigenvalue weighted by atomic mass is 10.2. The zero-order chi connectivity index (χ0) is 14.8. The van der Waals surface area contributed by atoms with Crippen molar-refractivity contribution in [3.8, 4) is 0 Å². The smallest absolute Gasteiger partial charge is 0.242 e. The summed E-state index contributed by atoms with van der Waals surface area (Å²) in [6, 6.07) is 1.57. The SMILES string of the molecule is CCN1CCCC1CNS(=O)(=O)c1cnc(Cl)c(Cl)c1. The summed E-state index contributed by atoms with van der Waals surface area (Å²) in [5.74, 6) is 0. The van der Waals surface area contributed by atoms with E-state index in [9.17, 15) is 8.42 Å². The van der Waals surface area contributed by atoms with Crippen LogP contribution in [0.5, 0.6) is 0 Å². The van der Waals surface area contributed by atoms with Gasteiger partial charge in [0.05, 0.1) is 5.02 Å². The molecule has 8 heteroatoms. The Balaban J connectivity index is 2.05. The molecule has 1 aromatic rings. The molecule has 1 aliphatic heterocycles. The van der Waals surface area contributed by atoms with Gasteiger partial charge in [0.2, 0.25) is 10.0 Å². The normalized spacial score (nSPS) is 20.4. The summed E-state index contributed by atoms with van der Waals surface area (Å²) in [7, 11) is -3.60. The second-order valence-electron chi connectivity index (χ2n) is 4.72. The van der Waals surface area contributed by atoms with Crippen molar-refractivity contribution in [1.29, 1.82) is 0 Å². The van der Waals surface area contributed by atoms with Gasteiger partial charge in [0, 0.05) is 18.8 Å². The monoisotopic (exact) mass is 337 g/mol. The number of sulfonamides is 1. The Morgan fingerprint density at radius 1 is 1.50 bits per heavy atom. The second-order valence-corrected chi connectivity index (χ2v) is 7.25. The molecule has 0 aromatic carbocycles. The molecule has 20 heavy (non-hydrogen) atoms. The van der Waals surface area contributed by atoms with Gasteiger partial charge in [0.1, 0.15) is 10.0 Å². The molecule has 1 aliphatic rings. The van der Waals surface area contributed by atoms with E-state index in [1.807, 2.05) is 0 Å². The van der Waals surface area contributed by atoms with Crippen LogP contribution < -0.4 is 4.72 Å². The van der Waals surface area contributed by atoms with E-state index in [0.717, 1.165) is 25.9 Å². The van der Waals surface area contributed by atoms with Crippen LogP contribution in [0.25, 0.3) is 0 Å². The number of nitrogens with zero attached hydrogens (tertiary/aromatic N) is 2. The average Bonchev–Trinajstić information content (AvgIpc) is 2.87. The highest BCUT2D eigenvalue weighted by Crippen LogP contribution is 2.22. The first kappa shape index (κ1) is 16.0. The van der Waals surface area contributed by atoms with E-state index in [1.165, 1.54) is 12.3 Å². The minimum Gasteiger partial charge on any atom is -0.299 e. The molecule has 1 atom stereocenters. The number of rotatable bonds is 5. The topological polar surface area (TPSA) is 62.3 Å². The summed E-state index contributed by atoms with van der Waals surface area (Å²) < 4.78 is 27.0. The van der Waals surface area contributed by atoms with Crippen molar-refractivity contribution >= 4 is 33.2 Å². The lowest BCUT2D eigenvalue weighted by molar-refractivity contribution is 0.268. The Morgan fingerprint density at radius 2 is 2.25 bits per heavy atom. The molecule has 0 amide bonds. The molecule has 1 N–H and O–H groups in total. The maximum Gasteiger partial charge on any atom is 0.242 e. The highest BCUT2D eigenvalue weighted by molar-refractivity contribution is 7.89. The zero-order valence-corrected chi connectivity index (χ0v) is 13.5. The number of aromatic nitrogens is 1. The zero-order valence-electron chi connectivity index (χ0n) is 11.1. The Morgan fingerprint density at radius 3 is 2.90 bits per heavy atom. The van der Waals surface area contributed by atoms with Crippen LogP contribution >= 0.6 is 23.2 Å². The van der Waals surface area contributed by atoms with Gasteiger partial charge >= 0.3 is 0 Å². The molecule has 112 valence electrons. The molecule has 0 saturated carbocycles. The van der Waals surface area contributed by atoms with Gasteiger partial charge in [-0.15, -0.1) is 0 Å². The summed E-state index contributed by atoms with van der Waals surface area (Å²) in [4.78, 5) is 6.07. The van der Waals surface area contributed by atoms with E-state index in [0.29, 0.717) is 6.54 Å². The van der Waals surface area contributed by atoms with Gasteiger partial charge < -0.3 is 0 Å². The lowest BCUT2D eigenvalue weighted by Crippen LogP contribution is -2.40. The van der Waals surface area contributed by atoms with Crippen LogP contribution in [-0.2, 0) is 10.0 Å². The van der Waals surface area contributed by atoms with E-state index < -0.39 is 10.0 Å². The van der Waals surface area contributed by atoms with Crippen molar-refractivity contribution in [2.75, 3.05) is 19.6 Å². The molecule has 1 fully saturated rings. The number of halogens is 2. The maximum atomic E-state index is 12.2. The molecule has 1 unspecified atom stereocenters. The summed E-state index contributed by atoms with van der Waals surface area (Å²) in [6.45, 7) is 4.43. The van der Waals surface area contributed by atoms with Gasteiger partial charge in [0.15, 0.2) is 0 Å². The fourth-order valence-corrected chi connectivity index (χ4v) is 3.76. The predicted octanol–water partition coefficient (Wildman–Crippen LogP) is 2.15. The standard InChI is InChI=1S/C12H17Cl2N3O2S/c1-2-17-5-3-4-9(17)7-16-20(18,19)10-6-11(13)12(14)15-8-10/h6,8-9,16H,2-5,7H2,1H3. The minimum atomic E-state index is -3.60. The Labute approximate surface area is 129 Å². The van der Waals surface area contributed by atoms with Crippen LogP contribution in [0.4, 0.5) is 0 Å². The molecule has 0 aliphatic carbocycles. The number of hydrogen-bond donors (Lipinski definition) is 1. The molecule has 2 heterocycles. The molecule has 1 saturated heterocycles. The third-order valence-corrected chi connectivity index (χ3v) is 5.57. The van der Waals surface area contributed by atoms with Crippen molar-refractivity contribution in [1.82, 2.24) is 14.6 Å². The third kappa shape index (κ3) is 3.62. The van der Waals surface area contributed by atoms with E-state index in [1.54, 1.807) is 0 Å². The van der Waals surface area contributed by atoms with Gasteiger partial charge in [0.25, 0.3) is 0 Å². The van der Waals surface area contributed by atoms with Crippen molar-refractivity contribution < 1.29 is 8.42 Å². The minimum absolute atomic E-state index is 0.0351. The van der Waals surface area contributed by atoms with E-state index in [4.69, 9.17) is 23.2 Å². The van der Waals surface area contributed by atoms with Crippen LogP contribution in [0.3, 0.4) is 0 Å². The predicted molar refractivity (Wildman–Crippen MR) is 79.7 cm³/mol. The molecule has 1 aromatic heterocycles. The molecule has 5 nitrogen and oxygen atoms in total. The fraction of sp³-hybridized carbons (Fsp3) is 0.583. The fourth-order valence-electron chi connectivity index (χ4n) is 2.38. The van der Waals surface area contributed by atoms with Gasteiger partial charge in [-0.3, -0.25) is 4.90 Å². The van der Waals surface area contributed by atoms with Crippen LogP contribution in [0, 0.1) is 0 Å². The van der Waals surface area contributed by atoms with Crippen LogP contribution in [0.2, 0.25) is 10.2 Å². The first-order chi connectivity index (χ1) is 9.44. The summed E-state index contributed by atoms with van der Waals surface area (Å²) in [5, 5.41) is 0.226. The van der Waals surface area contributed by atoms with Crippen molar-refractivity contribution in [2.45, 2.75) is 30.7 Å². The van der Waals surface area contributed by atoms with Gasteiger partial charge in [-0.2, -0.15) is 0 Å². The first-order valence-corrected chi connectivity index (χ1v) is 8.72. The van der Waals surface area contributed by atoms with E-state index in [-0.39, 0.29) is 21.1 Å². The Kier molecular flexibility index (Phi) is 5.25. The Bertz CT molecular complexity index is 580. The largest absolute Gasteiger partial charge is 0.299 e. The van der Waals surface area contributed by atoms with Gasteiger partial charge in [-0.25, -0.2) is 18.1 Å². The molecular weight excluding hydrogens is 321 g/mol. The van der Waals surface area contributed by atoms with Crippen molar-refractivity contribution in [3.63, 3.8) is 0 Å². The van der Waals surface area contributed by atoms with Gasteiger partial charge in [-0.1, -0.05) is 30.1 Å². The molecule has 0 spiro atoms. The maximum absolute atomic E-state index is 12.2. The lowest BCUT2D eigenvalue weighted by Gasteiger charge is -2.22. The first-order valence-electron chi connectivity index (χ1n) is 6.49. The number of hydrogen-bond acceptors (Lipinski definition) is 4. The van der Waals surface area contributed by atoms with Crippen molar-refractivity contribution in [3.05, 3.63) is 22.4 Å². The van der Waals surface area contributed by atoms with E-state index >= 15 is 0 Å². The summed E-state index contributed by atoms with van der Waals surface area (Å²) in [5.41, 5.74) is 0. The molecule has 2 rings (SSSR count). The number of nitrogens with one attached hydrogen (secondary N) is 1. The highest BCUT2D eigenvalue weighted by atomic mass is 35.5. The third-order valence-electron chi connectivity index (χ3n) is 3.50. The summed E-state index contributed by atoms with van der Waals surface area (Å²) in [6.07, 6.45) is 3.33. The van der Waals surface area contributed by atoms with Crippen LogP contribution in [0.15, 0.2) is 17.2 Å². The average molecular weight is 338 g/mol. The van der Waals surface area contributed by atoms with Crippen molar-refractivity contribution in [2.24, 2.45) is 0 Å². The van der Waals surface area contributed by atoms with E-state index in [2.05, 4.69) is 21.5 Å². The molecular formula is C12H17Cl2N3O2S. The highest BCUT2D eigenvalue weighted by Gasteiger charge is 2.25. The number of likely N-dealkylation sites (tertiary alicyclic amines) is 1. The van der Waals surface area contributed by atoms with Crippen LogP contribution in [-0.4, -0.2) is 44.0 Å². The Hall–Kier alpha value is -0.400. The quantitative estimate of drug-likeness (QED) is 0.836. The van der Waals surface area contributed by atoms with Gasteiger partial charge in [-0.05, 0) is 32.0 Å². The number of likely N-dealkylation sites (N-methyl/N-ethyl adjacent to an activating group) is 1. The molecule has 0 radical (unpaired) electrons. The molecule has 0 bridgehead atoms.